The van der Waals surface area contributed by atoms with Crippen molar-refractivity contribution in [1.29, 1.82) is 0 Å². The predicted molar refractivity (Wildman–Crippen MR) is 100.0 cm³/mol. The van der Waals surface area contributed by atoms with Gasteiger partial charge in [-0.2, -0.15) is 4.68 Å². The highest BCUT2D eigenvalue weighted by molar-refractivity contribution is 6.04. The van der Waals surface area contributed by atoms with E-state index in [0.717, 1.165) is 22.6 Å². The molecule has 3 rings (SSSR count). The smallest absolute Gasteiger partial charge is 0.276 e. The Morgan fingerprint density at radius 2 is 1.81 bits per heavy atom. The summed E-state index contributed by atoms with van der Waals surface area (Å²) < 4.78 is 1.19. The molecular weight excluding hydrogens is 330 g/mol. The van der Waals surface area contributed by atoms with E-state index in [0.29, 0.717) is 6.54 Å². The minimum Gasteiger partial charge on any atom is -0.307 e. The summed E-state index contributed by atoms with van der Waals surface area (Å²) >= 11 is 0. The molecule has 2 heterocycles. The zero-order valence-corrected chi connectivity index (χ0v) is 15.3. The molecule has 26 heavy (non-hydrogen) atoms. The van der Waals surface area contributed by atoms with Crippen LogP contribution in [0.25, 0.3) is 5.95 Å². The molecule has 1 aromatic carbocycles. The number of amides is 1. The Bertz CT molecular complexity index is 999. The Balaban J connectivity index is 1.99. The predicted octanol–water partition coefficient (Wildman–Crippen LogP) is 2.55. The molecule has 3 aromatic rings. The fourth-order valence-electron chi connectivity index (χ4n) is 2.85. The van der Waals surface area contributed by atoms with Gasteiger partial charge in [0, 0.05) is 29.7 Å². The van der Waals surface area contributed by atoms with Crippen LogP contribution in [-0.2, 0) is 0 Å². The molecule has 0 spiro atoms. The van der Waals surface area contributed by atoms with Crippen LogP contribution >= 0.6 is 0 Å². The molecule has 0 unspecified atom stereocenters. The van der Waals surface area contributed by atoms with E-state index in [2.05, 4.69) is 15.1 Å². The second kappa shape index (κ2) is 6.95. The Labute approximate surface area is 151 Å². The highest BCUT2D eigenvalue weighted by atomic mass is 16.2. The van der Waals surface area contributed by atoms with Gasteiger partial charge in [-0.1, -0.05) is 12.1 Å². The number of rotatable bonds is 4. The second-order valence-electron chi connectivity index (χ2n) is 6.18. The molecule has 0 aliphatic heterocycles. The van der Waals surface area contributed by atoms with Gasteiger partial charge in [-0.15, -0.1) is 0 Å². The van der Waals surface area contributed by atoms with Crippen LogP contribution in [0.15, 0.2) is 41.2 Å². The van der Waals surface area contributed by atoms with Crippen LogP contribution in [-0.4, -0.2) is 32.2 Å². The number of aromatic nitrogens is 4. The number of aromatic amines is 1. The maximum absolute atomic E-state index is 12.9. The summed E-state index contributed by atoms with van der Waals surface area (Å²) in [5, 5.41) is 2.84. The highest BCUT2D eigenvalue weighted by Gasteiger charge is 2.20. The Morgan fingerprint density at radius 3 is 2.42 bits per heavy atom. The summed E-state index contributed by atoms with van der Waals surface area (Å²) in [6.45, 7) is 8.00. The van der Waals surface area contributed by atoms with Crippen LogP contribution in [0.3, 0.4) is 0 Å². The number of anilines is 1. The molecule has 134 valence electrons. The normalized spacial score (nSPS) is 10.8. The van der Waals surface area contributed by atoms with Gasteiger partial charge in [0.15, 0.2) is 0 Å². The molecule has 7 heteroatoms. The molecule has 1 N–H and O–H groups in total. The number of hydrogen-bond donors (Lipinski definition) is 1. The summed E-state index contributed by atoms with van der Waals surface area (Å²) in [6.07, 6.45) is 0. The number of H-pyrrole nitrogens is 1. The third-order valence-electron chi connectivity index (χ3n) is 4.00. The maximum atomic E-state index is 12.9. The summed E-state index contributed by atoms with van der Waals surface area (Å²) in [4.78, 5) is 35.4. The fourth-order valence-corrected chi connectivity index (χ4v) is 2.85. The van der Waals surface area contributed by atoms with E-state index in [-0.39, 0.29) is 23.1 Å². The average molecular weight is 351 g/mol. The zero-order chi connectivity index (χ0) is 18.8. The fraction of sp³-hybridized carbons (Fsp3) is 0.263. The third kappa shape index (κ3) is 3.42. The molecule has 0 saturated heterocycles. The Morgan fingerprint density at radius 1 is 1.12 bits per heavy atom. The van der Waals surface area contributed by atoms with Gasteiger partial charge in [-0.3, -0.25) is 14.7 Å². The first-order valence-corrected chi connectivity index (χ1v) is 8.42. The van der Waals surface area contributed by atoms with Crippen LogP contribution in [0, 0.1) is 20.8 Å². The quantitative estimate of drug-likeness (QED) is 0.783. The molecule has 0 bridgehead atoms. The van der Waals surface area contributed by atoms with Gasteiger partial charge in [0.2, 0.25) is 0 Å². The van der Waals surface area contributed by atoms with Crippen molar-refractivity contribution in [2.75, 3.05) is 11.4 Å². The van der Waals surface area contributed by atoms with E-state index in [1.807, 2.05) is 58.0 Å². The van der Waals surface area contributed by atoms with Crippen LogP contribution in [0.5, 0.6) is 0 Å². The minimum atomic E-state index is -0.376. The lowest BCUT2D eigenvalue weighted by molar-refractivity contribution is 0.0983. The van der Waals surface area contributed by atoms with Crippen LogP contribution in [0.1, 0.15) is 34.4 Å². The highest BCUT2D eigenvalue weighted by Crippen LogP contribution is 2.17. The number of carbonyl (C=O) groups excluding carboxylic acids is 1. The number of benzene rings is 1. The molecule has 0 atom stereocenters. The van der Waals surface area contributed by atoms with E-state index in [1.54, 1.807) is 4.90 Å². The molecule has 2 aromatic heterocycles. The molecule has 7 nitrogen and oxygen atoms in total. The molecule has 0 fully saturated rings. The molecule has 0 aliphatic rings. The van der Waals surface area contributed by atoms with E-state index in [9.17, 15) is 9.59 Å². The molecule has 0 radical (unpaired) electrons. The van der Waals surface area contributed by atoms with Gasteiger partial charge in [0.1, 0.15) is 5.69 Å². The monoisotopic (exact) mass is 351 g/mol. The van der Waals surface area contributed by atoms with Crippen LogP contribution < -0.4 is 10.5 Å². The molecule has 0 saturated carbocycles. The van der Waals surface area contributed by atoms with Gasteiger partial charge in [0.25, 0.3) is 17.4 Å². The molecule has 1 amide bonds. The van der Waals surface area contributed by atoms with E-state index < -0.39 is 0 Å². The van der Waals surface area contributed by atoms with Crippen molar-refractivity contribution in [2.24, 2.45) is 0 Å². The second-order valence-corrected chi connectivity index (χ2v) is 6.18. The van der Waals surface area contributed by atoms with Gasteiger partial charge in [-0.25, -0.2) is 9.97 Å². The van der Waals surface area contributed by atoms with E-state index >= 15 is 0 Å². The Hall–Kier alpha value is -3.22. The first-order chi connectivity index (χ1) is 12.4. The third-order valence-corrected chi connectivity index (χ3v) is 4.00. The lowest BCUT2D eigenvalue weighted by atomic mass is 10.2. The SMILES string of the molecule is CCN(C(=O)c1cc(=O)n(-c2nc(C)cc(C)n2)[nH]1)c1cccc(C)c1. The van der Waals surface area contributed by atoms with Crippen molar-refractivity contribution in [1.82, 2.24) is 19.7 Å². The summed E-state index contributed by atoms with van der Waals surface area (Å²) in [6, 6.07) is 10.8. The maximum Gasteiger partial charge on any atom is 0.276 e. The van der Waals surface area contributed by atoms with Gasteiger partial charge >= 0.3 is 0 Å². The summed E-state index contributed by atoms with van der Waals surface area (Å²) in [7, 11) is 0. The Kier molecular flexibility index (Phi) is 4.71. The first-order valence-electron chi connectivity index (χ1n) is 8.42. The van der Waals surface area contributed by atoms with E-state index in [1.165, 1.54) is 10.7 Å². The minimum absolute atomic E-state index is 0.195. The van der Waals surface area contributed by atoms with Gasteiger partial charge in [-0.05, 0) is 51.5 Å². The molecular formula is C19H21N5O2. The van der Waals surface area contributed by atoms with Crippen molar-refractivity contribution in [3.63, 3.8) is 0 Å². The van der Waals surface area contributed by atoms with Crippen molar-refractivity contribution in [3.8, 4) is 5.95 Å². The van der Waals surface area contributed by atoms with Gasteiger partial charge in [0.05, 0.1) is 0 Å². The lowest BCUT2D eigenvalue weighted by Crippen LogP contribution is -2.31. The van der Waals surface area contributed by atoms with Gasteiger partial charge < -0.3 is 4.90 Å². The average Bonchev–Trinajstić information content (AvgIpc) is 2.96. The van der Waals surface area contributed by atoms with Crippen molar-refractivity contribution in [2.45, 2.75) is 27.7 Å². The summed E-state index contributed by atoms with van der Waals surface area (Å²) in [5.74, 6) is -0.0523. The molecule has 0 aliphatic carbocycles. The van der Waals surface area contributed by atoms with Crippen LogP contribution in [0.2, 0.25) is 0 Å². The first kappa shape index (κ1) is 17.6. The van der Waals surface area contributed by atoms with E-state index in [4.69, 9.17) is 0 Å². The number of carbonyl (C=O) groups is 1. The zero-order valence-electron chi connectivity index (χ0n) is 15.3. The van der Waals surface area contributed by atoms with Crippen LogP contribution in [0.4, 0.5) is 5.69 Å². The standard InChI is InChI=1S/C19H21N5O2/c1-5-23(15-8-6-7-12(2)9-15)18(26)16-11-17(25)24(22-16)19-20-13(3)10-14(4)21-19/h6-11,22H,5H2,1-4H3. The number of aryl methyl sites for hydroxylation is 3. The van der Waals surface area contributed by atoms with Crippen molar-refractivity contribution in [3.05, 3.63) is 69.4 Å². The lowest BCUT2D eigenvalue weighted by Gasteiger charge is -2.20. The van der Waals surface area contributed by atoms with Crippen molar-refractivity contribution < 1.29 is 4.79 Å². The number of hydrogen-bond acceptors (Lipinski definition) is 4. The topological polar surface area (TPSA) is 83.9 Å². The number of nitrogens with one attached hydrogen (secondary N) is 1. The summed E-state index contributed by atoms with van der Waals surface area (Å²) in [5.41, 5.74) is 3.16. The number of nitrogens with zero attached hydrogens (tertiary/aromatic N) is 4. The largest absolute Gasteiger partial charge is 0.307 e. The van der Waals surface area contributed by atoms with Crippen molar-refractivity contribution >= 4 is 11.6 Å².